The topological polar surface area (TPSA) is 75.7 Å². The number of ether oxygens (including phenoxy) is 1. The van der Waals surface area contributed by atoms with Gasteiger partial charge in [0.25, 0.3) is 5.91 Å². The molecule has 152 valence electrons. The molecule has 1 saturated heterocycles. The zero-order valence-corrected chi connectivity index (χ0v) is 18.3. The Morgan fingerprint density at radius 3 is 2.76 bits per heavy atom. The molecule has 1 atom stereocenters. The number of aryl methyl sites for hydroxylation is 1. The number of rotatable bonds is 5. The Kier molecular flexibility index (Phi) is 6.59. The van der Waals surface area contributed by atoms with Gasteiger partial charge in [-0.1, -0.05) is 23.7 Å². The highest BCUT2D eigenvalue weighted by Gasteiger charge is 2.37. The summed E-state index contributed by atoms with van der Waals surface area (Å²) in [6, 6.07) is 10.7. The lowest BCUT2D eigenvalue weighted by atomic mass is 10.1. The third-order valence-electron chi connectivity index (χ3n) is 4.87. The molecule has 0 aromatic heterocycles. The fraction of sp³-hybridized carbons (Fsp3) is 0.286. The minimum atomic E-state index is -0.600. The highest BCUT2D eigenvalue weighted by molar-refractivity contribution is 9.10. The molecule has 3 rings (SSSR count). The average Bonchev–Trinajstić information content (AvgIpc) is 3.06. The molecule has 0 radical (unpaired) electrons. The maximum absolute atomic E-state index is 12.4. The van der Waals surface area contributed by atoms with Crippen LogP contribution in [0.25, 0.3) is 0 Å². The molecule has 1 heterocycles. The van der Waals surface area contributed by atoms with Crippen LogP contribution in [0.3, 0.4) is 0 Å². The van der Waals surface area contributed by atoms with Gasteiger partial charge in [0.2, 0.25) is 5.91 Å². The monoisotopic (exact) mass is 478 g/mol. The second kappa shape index (κ2) is 8.97. The standard InChI is InChI=1S/C21H20BrClN2O4/c1-12-4-3-5-18(13(12)2)25-10-14(8-20(25)27)21(28)29-11-19(26)24-15-6-7-16(22)17(23)9-15/h3-7,9,14H,8,10-11H2,1-2H3,(H,24,26)/t14-/m1/s1. The van der Waals surface area contributed by atoms with E-state index in [1.54, 1.807) is 23.1 Å². The van der Waals surface area contributed by atoms with Crippen LogP contribution < -0.4 is 10.2 Å². The summed E-state index contributed by atoms with van der Waals surface area (Å²) in [5, 5.41) is 3.07. The summed E-state index contributed by atoms with van der Waals surface area (Å²) in [6.45, 7) is 3.73. The molecule has 1 aliphatic heterocycles. The van der Waals surface area contributed by atoms with Gasteiger partial charge in [0.15, 0.2) is 6.61 Å². The van der Waals surface area contributed by atoms with Crippen molar-refractivity contribution in [2.75, 3.05) is 23.4 Å². The van der Waals surface area contributed by atoms with E-state index >= 15 is 0 Å². The van der Waals surface area contributed by atoms with Crippen molar-refractivity contribution in [3.05, 3.63) is 57.0 Å². The summed E-state index contributed by atoms with van der Waals surface area (Å²) in [6.07, 6.45) is 0.0656. The van der Waals surface area contributed by atoms with Crippen molar-refractivity contribution >= 4 is 56.7 Å². The molecule has 0 spiro atoms. The second-order valence-electron chi connectivity index (χ2n) is 6.91. The quantitative estimate of drug-likeness (QED) is 0.651. The second-order valence-corrected chi connectivity index (χ2v) is 8.17. The zero-order valence-electron chi connectivity index (χ0n) is 16.0. The maximum Gasteiger partial charge on any atom is 0.311 e. The van der Waals surface area contributed by atoms with Crippen molar-refractivity contribution in [2.45, 2.75) is 20.3 Å². The molecule has 0 saturated carbocycles. The van der Waals surface area contributed by atoms with E-state index in [4.69, 9.17) is 16.3 Å². The van der Waals surface area contributed by atoms with Crippen LogP contribution in [-0.2, 0) is 19.1 Å². The number of hydrogen-bond acceptors (Lipinski definition) is 4. The molecule has 2 aromatic carbocycles. The SMILES string of the molecule is Cc1cccc(N2C[C@H](C(=O)OCC(=O)Nc3ccc(Br)c(Cl)c3)CC2=O)c1C. The molecule has 0 unspecified atom stereocenters. The number of esters is 1. The molecule has 1 N–H and O–H groups in total. The van der Waals surface area contributed by atoms with E-state index in [9.17, 15) is 14.4 Å². The van der Waals surface area contributed by atoms with Crippen molar-refractivity contribution in [1.29, 1.82) is 0 Å². The smallest absolute Gasteiger partial charge is 0.311 e. The van der Waals surface area contributed by atoms with Gasteiger partial charge in [-0.15, -0.1) is 0 Å². The molecule has 1 fully saturated rings. The van der Waals surface area contributed by atoms with E-state index in [1.807, 2.05) is 32.0 Å². The van der Waals surface area contributed by atoms with Gasteiger partial charge in [-0.05, 0) is 65.2 Å². The van der Waals surface area contributed by atoms with Gasteiger partial charge >= 0.3 is 5.97 Å². The number of carbonyl (C=O) groups is 3. The molecular formula is C21H20BrClN2O4. The van der Waals surface area contributed by atoms with Crippen LogP contribution in [0.15, 0.2) is 40.9 Å². The first-order chi connectivity index (χ1) is 13.8. The predicted octanol–water partition coefficient (Wildman–Crippen LogP) is 4.25. The van der Waals surface area contributed by atoms with Crippen molar-refractivity contribution in [3.8, 4) is 0 Å². The molecular weight excluding hydrogens is 460 g/mol. The largest absolute Gasteiger partial charge is 0.455 e. The van der Waals surface area contributed by atoms with Crippen LogP contribution in [0.1, 0.15) is 17.5 Å². The molecule has 2 amide bonds. The number of halogens is 2. The first-order valence-corrected chi connectivity index (χ1v) is 10.2. The van der Waals surface area contributed by atoms with Gasteiger partial charge in [-0.3, -0.25) is 14.4 Å². The fourth-order valence-electron chi connectivity index (χ4n) is 3.15. The average molecular weight is 480 g/mol. The highest BCUT2D eigenvalue weighted by atomic mass is 79.9. The lowest BCUT2D eigenvalue weighted by molar-refractivity contribution is -0.151. The summed E-state index contributed by atoms with van der Waals surface area (Å²) in [5.74, 6) is -1.77. The fourth-order valence-corrected chi connectivity index (χ4v) is 3.58. The third-order valence-corrected chi connectivity index (χ3v) is 6.11. The van der Waals surface area contributed by atoms with E-state index in [2.05, 4.69) is 21.2 Å². The first kappa shape index (κ1) is 21.3. The molecule has 0 bridgehead atoms. The Morgan fingerprint density at radius 2 is 2.03 bits per heavy atom. The van der Waals surface area contributed by atoms with Gasteiger partial charge in [0.1, 0.15) is 0 Å². The van der Waals surface area contributed by atoms with Crippen LogP contribution in [-0.4, -0.2) is 30.9 Å². The molecule has 29 heavy (non-hydrogen) atoms. The summed E-state index contributed by atoms with van der Waals surface area (Å²) < 4.78 is 5.84. The summed E-state index contributed by atoms with van der Waals surface area (Å²) in [5.41, 5.74) is 3.37. The Balaban J connectivity index is 1.56. The van der Waals surface area contributed by atoms with E-state index in [-0.39, 0.29) is 18.9 Å². The van der Waals surface area contributed by atoms with Crippen molar-refractivity contribution < 1.29 is 19.1 Å². The van der Waals surface area contributed by atoms with Gasteiger partial charge in [-0.25, -0.2) is 0 Å². The molecule has 0 aliphatic carbocycles. The number of amides is 2. The minimum absolute atomic E-state index is 0.0656. The maximum atomic E-state index is 12.4. The van der Waals surface area contributed by atoms with E-state index in [0.717, 1.165) is 16.8 Å². The number of hydrogen-bond donors (Lipinski definition) is 1. The Hall–Kier alpha value is -2.38. The molecule has 6 nitrogen and oxygen atoms in total. The number of nitrogens with one attached hydrogen (secondary N) is 1. The summed E-state index contributed by atoms with van der Waals surface area (Å²) in [4.78, 5) is 38.4. The third kappa shape index (κ3) is 4.97. The number of anilines is 2. The normalized spacial score (nSPS) is 16.1. The van der Waals surface area contributed by atoms with Crippen molar-refractivity contribution in [2.24, 2.45) is 5.92 Å². The van der Waals surface area contributed by atoms with E-state index < -0.39 is 24.4 Å². The minimum Gasteiger partial charge on any atom is -0.455 e. The summed E-state index contributed by atoms with van der Waals surface area (Å²) in [7, 11) is 0. The highest BCUT2D eigenvalue weighted by Crippen LogP contribution is 2.30. The van der Waals surface area contributed by atoms with E-state index in [1.165, 1.54) is 0 Å². The van der Waals surface area contributed by atoms with E-state index in [0.29, 0.717) is 15.2 Å². The Bertz CT molecular complexity index is 979. The van der Waals surface area contributed by atoms with Gasteiger partial charge in [-0.2, -0.15) is 0 Å². The number of nitrogens with zero attached hydrogens (tertiary/aromatic N) is 1. The summed E-state index contributed by atoms with van der Waals surface area (Å²) >= 11 is 9.26. The molecule has 1 aliphatic rings. The Labute approximate surface area is 182 Å². The Morgan fingerprint density at radius 1 is 1.28 bits per heavy atom. The first-order valence-electron chi connectivity index (χ1n) is 9.04. The molecule has 8 heteroatoms. The van der Waals surface area contributed by atoms with Crippen LogP contribution >= 0.6 is 27.5 Å². The predicted molar refractivity (Wildman–Crippen MR) is 115 cm³/mol. The number of carbonyl (C=O) groups excluding carboxylic acids is 3. The number of benzene rings is 2. The van der Waals surface area contributed by atoms with Crippen LogP contribution in [0.2, 0.25) is 5.02 Å². The van der Waals surface area contributed by atoms with Crippen molar-refractivity contribution in [3.63, 3.8) is 0 Å². The van der Waals surface area contributed by atoms with Gasteiger partial charge < -0.3 is 15.0 Å². The van der Waals surface area contributed by atoms with Crippen LogP contribution in [0, 0.1) is 19.8 Å². The lowest BCUT2D eigenvalue weighted by Gasteiger charge is -2.20. The van der Waals surface area contributed by atoms with Gasteiger partial charge in [0.05, 0.1) is 10.9 Å². The zero-order chi connectivity index (χ0) is 21.1. The van der Waals surface area contributed by atoms with Crippen molar-refractivity contribution in [1.82, 2.24) is 0 Å². The van der Waals surface area contributed by atoms with Crippen LogP contribution in [0.5, 0.6) is 0 Å². The lowest BCUT2D eigenvalue weighted by Crippen LogP contribution is -2.28. The molecule has 2 aromatic rings. The van der Waals surface area contributed by atoms with Crippen LogP contribution in [0.4, 0.5) is 11.4 Å². The van der Waals surface area contributed by atoms with Gasteiger partial charge in [0, 0.05) is 28.8 Å².